The molecule has 6 rings (SSSR count). The smallest absolute Gasteiger partial charge is 0.0542 e. The van der Waals surface area contributed by atoms with E-state index in [1.54, 1.807) is 0 Å². The average Bonchev–Trinajstić information content (AvgIpc) is 3.29. The van der Waals surface area contributed by atoms with E-state index < -0.39 is 0 Å². The number of hydrogen-bond acceptors (Lipinski definition) is 2. The fraction of sp³-hybridized carbons (Fsp3) is 0. The molecule has 0 aliphatic rings. The van der Waals surface area contributed by atoms with Crippen LogP contribution in [0.4, 0.5) is 0 Å². The van der Waals surface area contributed by atoms with Gasteiger partial charge in [0.25, 0.3) is 0 Å². The van der Waals surface area contributed by atoms with Crippen LogP contribution in [0.15, 0.2) is 91.0 Å². The second-order valence-electron chi connectivity index (χ2n) is 7.16. The third-order valence-corrected chi connectivity index (χ3v) is 8.54. The van der Waals surface area contributed by atoms with Gasteiger partial charge in [0.2, 0.25) is 0 Å². The predicted molar refractivity (Wildman–Crippen MR) is 138 cm³/mol. The second-order valence-corrected chi connectivity index (χ2v) is 10.5. The summed E-state index contributed by atoms with van der Waals surface area (Å²) in [5.74, 6) is 0. The molecular weight excluding hydrogens is 503 g/mol. The topological polar surface area (TPSA) is 0 Å². The van der Waals surface area contributed by atoms with Crippen LogP contribution < -0.4 is 0 Å². The van der Waals surface area contributed by atoms with Gasteiger partial charge in [-0.3, -0.25) is 0 Å². The van der Waals surface area contributed by atoms with Crippen molar-refractivity contribution in [3.63, 3.8) is 0 Å². The molecular formula is C26H15IS2. The van der Waals surface area contributed by atoms with E-state index in [9.17, 15) is 0 Å². The Morgan fingerprint density at radius 2 is 1.00 bits per heavy atom. The fourth-order valence-corrected chi connectivity index (χ4v) is 7.33. The molecule has 0 N–H and O–H groups in total. The Labute approximate surface area is 190 Å². The minimum atomic E-state index is 1.26. The maximum atomic E-state index is 2.40. The third-order valence-electron chi connectivity index (χ3n) is 5.37. The van der Waals surface area contributed by atoms with Gasteiger partial charge in [-0.25, -0.2) is 0 Å². The van der Waals surface area contributed by atoms with Crippen LogP contribution in [0.25, 0.3) is 51.8 Å². The lowest BCUT2D eigenvalue weighted by atomic mass is 10.00. The minimum Gasteiger partial charge on any atom is -0.134 e. The van der Waals surface area contributed by atoms with Crippen LogP contribution in [0.3, 0.4) is 0 Å². The van der Waals surface area contributed by atoms with Crippen LogP contribution in [0.1, 0.15) is 0 Å². The number of halogens is 1. The zero-order valence-corrected chi connectivity index (χ0v) is 19.1. The van der Waals surface area contributed by atoms with Crippen LogP contribution in [0.2, 0.25) is 0 Å². The summed E-state index contributed by atoms with van der Waals surface area (Å²) in [6.07, 6.45) is 0. The lowest BCUT2D eigenvalue weighted by Gasteiger charge is -2.05. The van der Waals surface area contributed by atoms with Gasteiger partial charge < -0.3 is 0 Å². The van der Waals surface area contributed by atoms with E-state index in [-0.39, 0.29) is 0 Å². The third kappa shape index (κ3) is 3.00. The highest BCUT2D eigenvalue weighted by Crippen LogP contribution is 2.45. The summed E-state index contributed by atoms with van der Waals surface area (Å²) in [5, 5.41) is 2.77. The standard InChI is InChI=1S/C26H15IS2/c27-20-11-13-22-24(15-20)29-25-21-12-10-19(14-23(21)28-26(22)25)18-8-6-17(7-9-18)16-4-2-1-3-5-16/h1-15H. The highest BCUT2D eigenvalue weighted by atomic mass is 127. The molecule has 0 bridgehead atoms. The normalized spacial score (nSPS) is 11.6. The first kappa shape index (κ1) is 17.6. The molecule has 0 fully saturated rings. The van der Waals surface area contributed by atoms with Crippen molar-refractivity contribution in [3.05, 3.63) is 94.6 Å². The maximum absolute atomic E-state index is 2.40. The molecule has 0 aliphatic heterocycles. The summed E-state index contributed by atoms with van der Waals surface area (Å²) in [6.45, 7) is 0. The summed E-state index contributed by atoms with van der Waals surface area (Å²) < 4.78 is 6.91. The molecule has 2 heterocycles. The molecule has 6 aromatic rings. The Morgan fingerprint density at radius 1 is 0.483 bits per heavy atom. The van der Waals surface area contributed by atoms with Gasteiger partial charge in [0.1, 0.15) is 0 Å². The highest BCUT2D eigenvalue weighted by Gasteiger charge is 2.13. The predicted octanol–water partition coefficient (Wildman–Crippen LogP) is 9.21. The van der Waals surface area contributed by atoms with Crippen molar-refractivity contribution in [1.29, 1.82) is 0 Å². The Hall–Kier alpha value is -2.21. The number of benzene rings is 4. The first-order valence-electron chi connectivity index (χ1n) is 9.46. The number of rotatable bonds is 2. The largest absolute Gasteiger partial charge is 0.134 e. The highest BCUT2D eigenvalue weighted by molar-refractivity contribution is 14.1. The van der Waals surface area contributed by atoms with Crippen LogP contribution in [0.5, 0.6) is 0 Å². The van der Waals surface area contributed by atoms with Gasteiger partial charge in [-0.15, -0.1) is 22.7 Å². The van der Waals surface area contributed by atoms with Crippen molar-refractivity contribution in [2.75, 3.05) is 0 Å². The summed E-state index contributed by atoms with van der Waals surface area (Å²) in [4.78, 5) is 0. The number of thiophene rings is 2. The van der Waals surface area contributed by atoms with E-state index in [0.717, 1.165) is 0 Å². The summed E-state index contributed by atoms with van der Waals surface area (Å²) in [7, 11) is 0. The molecule has 0 amide bonds. The lowest BCUT2D eigenvalue weighted by molar-refractivity contribution is 1.60. The summed E-state index contributed by atoms with van der Waals surface area (Å²) in [5.41, 5.74) is 5.07. The van der Waals surface area contributed by atoms with E-state index in [1.165, 1.54) is 55.4 Å². The molecule has 0 spiro atoms. The van der Waals surface area contributed by atoms with E-state index in [2.05, 4.69) is 114 Å². The van der Waals surface area contributed by atoms with Crippen molar-refractivity contribution in [3.8, 4) is 22.3 Å². The van der Waals surface area contributed by atoms with Crippen molar-refractivity contribution in [1.82, 2.24) is 0 Å². The van der Waals surface area contributed by atoms with Crippen molar-refractivity contribution >= 4 is 74.8 Å². The molecule has 138 valence electrons. The van der Waals surface area contributed by atoms with Gasteiger partial charge >= 0.3 is 0 Å². The van der Waals surface area contributed by atoms with E-state index >= 15 is 0 Å². The summed E-state index contributed by atoms with van der Waals surface area (Å²) >= 11 is 6.23. The molecule has 4 aromatic carbocycles. The Balaban J connectivity index is 1.44. The molecule has 0 nitrogen and oxygen atoms in total. The van der Waals surface area contributed by atoms with Gasteiger partial charge in [-0.05, 0) is 63.0 Å². The first-order valence-corrected chi connectivity index (χ1v) is 12.2. The van der Waals surface area contributed by atoms with Crippen molar-refractivity contribution in [2.24, 2.45) is 0 Å². The number of hydrogen-bond donors (Lipinski definition) is 0. The Kier molecular flexibility index (Phi) is 4.22. The lowest BCUT2D eigenvalue weighted by Crippen LogP contribution is -1.80. The van der Waals surface area contributed by atoms with E-state index in [4.69, 9.17) is 0 Å². The van der Waals surface area contributed by atoms with Gasteiger partial charge in [0.05, 0.1) is 9.40 Å². The molecule has 0 atom stereocenters. The van der Waals surface area contributed by atoms with Crippen LogP contribution >= 0.6 is 45.3 Å². The second kappa shape index (κ2) is 6.94. The van der Waals surface area contributed by atoms with Gasteiger partial charge in [-0.2, -0.15) is 0 Å². The van der Waals surface area contributed by atoms with Gasteiger partial charge in [-0.1, -0.05) is 72.8 Å². The van der Waals surface area contributed by atoms with Gasteiger partial charge in [0, 0.05) is 23.7 Å². The molecule has 2 aromatic heterocycles. The Bertz CT molecular complexity index is 1490. The maximum Gasteiger partial charge on any atom is 0.0542 e. The molecule has 0 saturated heterocycles. The average molecular weight is 518 g/mol. The van der Waals surface area contributed by atoms with Crippen molar-refractivity contribution in [2.45, 2.75) is 0 Å². The monoisotopic (exact) mass is 518 g/mol. The van der Waals surface area contributed by atoms with Crippen molar-refractivity contribution < 1.29 is 0 Å². The minimum absolute atomic E-state index is 1.26. The van der Waals surface area contributed by atoms with Gasteiger partial charge in [0.15, 0.2) is 0 Å². The van der Waals surface area contributed by atoms with Crippen LogP contribution in [0, 0.1) is 3.57 Å². The SMILES string of the molecule is Ic1ccc2c(c1)sc1c3ccc(-c4ccc(-c5ccccc5)cc4)cc3sc21. The molecule has 0 radical (unpaired) electrons. The molecule has 29 heavy (non-hydrogen) atoms. The summed E-state index contributed by atoms with van der Waals surface area (Å²) in [6, 6.07) is 33.1. The fourth-order valence-electron chi connectivity index (χ4n) is 3.90. The van der Waals surface area contributed by atoms with E-state index in [1.807, 2.05) is 22.7 Å². The molecule has 0 aliphatic carbocycles. The van der Waals surface area contributed by atoms with E-state index in [0.29, 0.717) is 0 Å². The first-order chi connectivity index (χ1) is 14.3. The number of fused-ring (bicyclic) bond motifs is 5. The van der Waals surface area contributed by atoms with Crippen LogP contribution in [-0.2, 0) is 0 Å². The Morgan fingerprint density at radius 3 is 1.69 bits per heavy atom. The zero-order valence-electron chi connectivity index (χ0n) is 15.4. The molecule has 0 saturated carbocycles. The molecule has 0 unspecified atom stereocenters. The zero-order chi connectivity index (χ0) is 19.4. The molecule has 3 heteroatoms. The quantitative estimate of drug-likeness (QED) is 0.201. The van der Waals surface area contributed by atoms with Crippen LogP contribution in [-0.4, -0.2) is 0 Å².